The van der Waals surface area contributed by atoms with E-state index in [4.69, 9.17) is 4.74 Å². The van der Waals surface area contributed by atoms with Crippen LogP contribution in [0.5, 0.6) is 5.75 Å². The monoisotopic (exact) mass is 259 g/mol. The second kappa shape index (κ2) is 6.92. The number of nitrogens with one attached hydrogen (secondary N) is 1. The van der Waals surface area contributed by atoms with Gasteiger partial charge in [-0.2, -0.15) is 5.10 Å². The van der Waals surface area contributed by atoms with Crippen molar-refractivity contribution >= 4 is 11.5 Å². The predicted molar refractivity (Wildman–Crippen MR) is 79.1 cm³/mol. The van der Waals surface area contributed by atoms with Crippen LogP contribution in [0.1, 0.15) is 38.2 Å². The standard InChI is InChI=1S/C15H21N3O/c1-12(13-7-9-14(19-2)10-8-13)17-18-15-6-4-3-5-11-16-15/h7-10H,3-6,11H2,1-2H3,(H,16,18)/b17-12-. The van der Waals surface area contributed by atoms with Crippen molar-refractivity contribution in [1.29, 1.82) is 0 Å². The Kier molecular flexibility index (Phi) is 4.95. The van der Waals surface area contributed by atoms with Gasteiger partial charge in [-0.05, 0) is 49.6 Å². The molecule has 0 aliphatic carbocycles. The molecule has 0 spiro atoms. The molecule has 1 aromatic carbocycles. The first-order valence-electron chi connectivity index (χ1n) is 6.77. The molecule has 1 N–H and O–H groups in total. The average molecular weight is 259 g/mol. The third kappa shape index (κ3) is 4.09. The third-order valence-corrected chi connectivity index (χ3v) is 3.23. The molecule has 0 saturated heterocycles. The number of methoxy groups -OCH3 is 1. The van der Waals surface area contributed by atoms with Gasteiger partial charge in [0.2, 0.25) is 0 Å². The van der Waals surface area contributed by atoms with Crippen LogP contribution < -0.4 is 10.2 Å². The van der Waals surface area contributed by atoms with Gasteiger partial charge in [0.25, 0.3) is 0 Å². The molecular weight excluding hydrogens is 238 g/mol. The van der Waals surface area contributed by atoms with Crippen LogP contribution in [0.2, 0.25) is 0 Å². The van der Waals surface area contributed by atoms with Gasteiger partial charge in [0, 0.05) is 13.0 Å². The molecular formula is C15H21N3O. The summed E-state index contributed by atoms with van der Waals surface area (Å²) in [5.41, 5.74) is 5.13. The van der Waals surface area contributed by atoms with Crippen molar-refractivity contribution in [3.05, 3.63) is 29.8 Å². The van der Waals surface area contributed by atoms with E-state index in [0.717, 1.165) is 35.8 Å². The van der Waals surface area contributed by atoms with Gasteiger partial charge in [0.1, 0.15) is 11.6 Å². The summed E-state index contributed by atoms with van der Waals surface area (Å²) < 4.78 is 5.14. The Morgan fingerprint density at radius 3 is 2.74 bits per heavy atom. The van der Waals surface area contributed by atoms with Crippen molar-refractivity contribution in [3.8, 4) is 5.75 Å². The molecule has 0 radical (unpaired) electrons. The van der Waals surface area contributed by atoms with Gasteiger partial charge in [-0.15, -0.1) is 0 Å². The predicted octanol–water partition coefficient (Wildman–Crippen LogP) is 2.98. The van der Waals surface area contributed by atoms with Gasteiger partial charge < -0.3 is 4.74 Å². The lowest BCUT2D eigenvalue weighted by molar-refractivity contribution is 0.415. The number of hydrogen-bond acceptors (Lipinski definition) is 4. The topological polar surface area (TPSA) is 46.0 Å². The molecule has 2 rings (SSSR count). The lowest BCUT2D eigenvalue weighted by atomic mass is 10.1. The zero-order valence-corrected chi connectivity index (χ0v) is 11.6. The Hall–Kier alpha value is -1.84. The number of aliphatic imine (C=N–C) groups is 1. The Labute approximate surface area is 114 Å². The van der Waals surface area contributed by atoms with Crippen LogP contribution in [0.4, 0.5) is 0 Å². The molecule has 0 fully saturated rings. The first kappa shape index (κ1) is 13.6. The highest BCUT2D eigenvalue weighted by Crippen LogP contribution is 2.12. The van der Waals surface area contributed by atoms with Gasteiger partial charge >= 0.3 is 0 Å². The van der Waals surface area contributed by atoms with Crippen molar-refractivity contribution in [1.82, 2.24) is 5.43 Å². The number of benzene rings is 1. The van der Waals surface area contributed by atoms with E-state index >= 15 is 0 Å². The molecule has 1 aliphatic rings. The summed E-state index contributed by atoms with van der Waals surface area (Å²) in [5.74, 6) is 1.86. The summed E-state index contributed by atoms with van der Waals surface area (Å²) in [6.07, 6.45) is 4.64. The second-order valence-corrected chi connectivity index (χ2v) is 4.68. The number of hydrogen-bond donors (Lipinski definition) is 1. The molecule has 102 valence electrons. The highest BCUT2D eigenvalue weighted by atomic mass is 16.5. The van der Waals surface area contributed by atoms with Crippen molar-refractivity contribution in [2.45, 2.75) is 32.6 Å². The quantitative estimate of drug-likeness (QED) is 0.670. The fraction of sp³-hybridized carbons (Fsp3) is 0.467. The number of hydrazone groups is 1. The van der Waals surface area contributed by atoms with Crippen LogP contribution in [0.3, 0.4) is 0 Å². The van der Waals surface area contributed by atoms with Crippen LogP contribution in [0, 0.1) is 0 Å². The largest absolute Gasteiger partial charge is 0.497 e. The van der Waals surface area contributed by atoms with E-state index in [-0.39, 0.29) is 0 Å². The summed E-state index contributed by atoms with van der Waals surface area (Å²) in [6.45, 7) is 2.91. The molecule has 4 heteroatoms. The van der Waals surface area contributed by atoms with Gasteiger partial charge in [0.05, 0.1) is 12.8 Å². The molecule has 1 heterocycles. The molecule has 0 unspecified atom stereocenters. The zero-order chi connectivity index (χ0) is 13.5. The second-order valence-electron chi connectivity index (χ2n) is 4.68. The lowest BCUT2D eigenvalue weighted by Crippen LogP contribution is -2.19. The highest BCUT2D eigenvalue weighted by molar-refractivity contribution is 5.99. The maximum atomic E-state index is 5.14. The number of rotatable bonds is 3. The van der Waals surface area contributed by atoms with E-state index in [0.29, 0.717) is 0 Å². The van der Waals surface area contributed by atoms with Gasteiger partial charge in [0.15, 0.2) is 0 Å². The maximum absolute atomic E-state index is 5.14. The minimum Gasteiger partial charge on any atom is -0.497 e. The molecule has 0 aromatic heterocycles. The molecule has 19 heavy (non-hydrogen) atoms. The van der Waals surface area contributed by atoms with Crippen LogP contribution in [0.15, 0.2) is 34.4 Å². The number of amidine groups is 1. The van der Waals surface area contributed by atoms with E-state index in [1.165, 1.54) is 19.3 Å². The van der Waals surface area contributed by atoms with Gasteiger partial charge in [-0.1, -0.05) is 6.42 Å². The smallest absolute Gasteiger partial charge is 0.118 e. The fourth-order valence-electron chi connectivity index (χ4n) is 2.01. The molecule has 0 saturated carbocycles. The Morgan fingerprint density at radius 2 is 2.00 bits per heavy atom. The number of ether oxygens (including phenoxy) is 1. The molecule has 0 bridgehead atoms. The minimum absolute atomic E-state index is 0.859. The van der Waals surface area contributed by atoms with E-state index < -0.39 is 0 Å². The van der Waals surface area contributed by atoms with E-state index in [1.807, 2.05) is 31.2 Å². The zero-order valence-electron chi connectivity index (χ0n) is 11.6. The summed E-state index contributed by atoms with van der Waals surface area (Å²) >= 11 is 0. The molecule has 0 atom stereocenters. The van der Waals surface area contributed by atoms with Crippen molar-refractivity contribution < 1.29 is 4.74 Å². The normalized spacial score (nSPS) is 16.5. The first-order chi connectivity index (χ1) is 9.29. The Morgan fingerprint density at radius 1 is 1.21 bits per heavy atom. The molecule has 1 aliphatic heterocycles. The van der Waals surface area contributed by atoms with E-state index in [9.17, 15) is 0 Å². The summed E-state index contributed by atoms with van der Waals surface area (Å²) in [7, 11) is 1.67. The van der Waals surface area contributed by atoms with Gasteiger partial charge in [-0.25, -0.2) is 0 Å². The van der Waals surface area contributed by atoms with Crippen molar-refractivity contribution in [3.63, 3.8) is 0 Å². The van der Waals surface area contributed by atoms with Crippen molar-refractivity contribution in [2.24, 2.45) is 10.1 Å². The Balaban J connectivity index is 1.99. The van der Waals surface area contributed by atoms with Crippen LogP contribution >= 0.6 is 0 Å². The van der Waals surface area contributed by atoms with E-state index in [1.54, 1.807) is 7.11 Å². The third-order valence-electron chi connectivity index (χ3n) is 3.23. The fourth-order valence-corrected chi connectivity index (χ4v) is 2.01. The summed E-state index contributed by atoms with van der Waals surface area (Å²) in [4.78, 5) is 4.49. The first-order valence-corrected chi connectivity index (χ1v) is 6.77. The van der Waals surface area contributed by atoms with Crippen LogP contribution in [-0.4, -0.2) is 25.2 Å². The number of nitrogens with zero attached hydrogens (tertiary/aromatic N) is 2. The molecule has 1 aromatic rings. The SMILES string of the molecule is COc1ccc(/C(C)=N\NC2=NCCCCC2)cc1. The van der Waals surface area contributed by atoms with Gasteiger partial charge in [-0.3, -0.25) is 10.4 Å². The molecule has 0 amide bonds. The van der Waals surface area contributed by atoms with Crippen LogP contribution in [0.25, 0.3) is 0 Å². The summed E-state index contributed by atoms with van der Waals surface area (Å²) in [5, 5.41) is 4.41. The molecule has 4 nitrogen and oxygen atoms in total. The van der Waals surface area contributed by atoms with Crippen LogP contribution in [-0.2, 0) is 0 Å². The summed E-state index contributed by atoms with van der Waals surface area (Å²) in [6, 6.07) is 7.90. The average Bonchev–Trinajstić information content (AvgIpc) is 2.73. The van der Waals surface area contributed by atoms with E-state index in [2.05, 4.69) is 15.5 Å². The van der Waals surface area contributed by atoms with Crippen molar-refractivity contribution in [2.75, 3.05) is 13.7 Å². The Bertz CT molecular complexity index is 463. The highest BCUT2D eigenvalue weighted by Gasteiger charge is 2.03. The minimum atomic E-state index is 0.859. The lowest BCUT2D eigenvalue weighted by Gasteiger charge is -2.06. The maximum Gasteiger partial charge on any atom is 0.118 e.